The van der Waals surface area contributed by atoms with E-state index >= 15 is 0 Å². The number of nitrogens with one attached hydrogen (secondary N) is 4. The van der Waals surface area contributed by atoms with Crippen molar-refractivity contribution in [2.24, 2.45) is 5.10 Å². The fraction of sp³-hybridized carbons (Fsp3) is 0.200. The maximum atomic E-state index is 11.4. The summed E-state index contributed by atoms with van der Waals surface area (Å²) in [4.78, 5) is 11.4. The van der Waals surface area contributed by atoms with Gasteiger partial charge in [-0.15, -0.1) is 0 Å². The first kappa shape index (κ1) is 23.5. The zero-order chi connectivity index (χ0) is 15.7. The molecule has 2 rings (SSSR count). The molecule has 6 nitrogen and oxygen atoms in total. The molecule has 0 saturated heterocycles. The molecule has 0 aliphatic heterocycles. The van der Waals surface area contributed by atoms with Crippen LogP contribution in [-0.4, -0.2) is 21.5 Å². The number of aromatic nitrogens is 2. The van der Waals surface area contributed by atoms with Gasteiger partial charge in [0.05, 0.1) is 11.8 Å². The number of anilines is 1. The van der Waals surface area contributed by atoms with Crippen LogP contribution in [0.5, 0.6) is 0 Å². The van der Waals surface area contributed by atoms with Crippen LogP contribution in [0.25, 0.3) is 0 Å². The minimum Gasteiger partial charge on any atom is -0.358 e. The monoisotopic (exact) mass is 504 g/mol. The largest absolute Gasteiger partial charge is 0.358 e. The summed E-state index contributed by atoms with van der Waals surface area (Å²) in [6.07, 6.45) is 1.42. The third-order valence-corrected chi connectivity index (χ3v) is 2.60. The molecule has 4 N–H and O–H groups in total. The molecule has 1 aromatic carbocycles. The number of aryl methyl sites for hydroxylation is 1. The zero-order valence-electron chi connectivity index (χ0n) is 13.6. The number of H-pyrrole nitrogens is 2. The third-order valence-electron chi connectivity index (χ3n) is 2.40. The van der Waals surface area contributed by atoms with Crippen molar-refractivity contribution in [2.45, 2.75) is 20.8 Å². The summed E-state index contributed by atoms with van der Waals surface area (Å²) >= 11 is 5.07. The predicted octanol–water partition coefficient (Wildman–Crippen LogP) is 2.81. The molecule has 0 aliphatic rings. The molecule has 0 amide bonds. The molecule has 0 bridgehead atoms. The molecule has 0 unspecified atom stereocenters. The Morgan fingerprint density at radius 2 is 1.83 bits per heavy atom. The van der Waals surface area contributed by atoms with Gasteiger partial charge in [0.2, 0.25) is 0 Å². The van der Waals surface area contributed by atoms with Gasteiger partial charge in [-0.2, -0.15) is 5.10 Å². The number of aromatic amines is 2. The standard InChI is InChI=1S/C12H13N5OS.C2H6.CH3.W/c1-8-10(11(18)16-15-8)7-13-17-12(19)14-9-5-3-2-4-6-9;1-2;;/h2-7H,1H3,(H2,14,17,19)(H2,15,16,18);1-2H3;1H3;/q;;-1;/b13-7+;;;. The maximum Gasteiger partial charge on any atom is 0.273 e. The van der Waals surface area contributed by atoms with Gasteiger partial charge in [-0.1, -0.05) is 32.0 Å². The Bertz CT molecular complexity index is 651. The van der Waals surface area contributed by atoms with Crippen molar-refractivity contribution in [3.8, 4) is 0 Å². The normalized spacial score (nSPS) is 9.00. The van der Waals surface area contributed by atoms with E-state index in [4.69, 9.17) is 12.2 Å². The summed E-state index contributed by atoms with van der Waals surface area (Å²) in [6, 6.07) is 9.49. The predicted molar refractivity (Wildman–Crippen MR) is 97.3 cm³/mol. The van der Waals surface area contributed by atoms with E-state index in [1.807, 2.05) is 44.2 Å². The topological polar surface area (TPSA) is 85.1 Å². The molecule has 0 spiro atoms. The van der Waals surface area contributed by atoms with Gasteiger partial charge < -0.3 is 17.8 Å². The van der Waals surface area contributed by atoms with Gasteiger partial charge in [0.15, 0.2) is 5.11 Å². The van der Waals surface area contributed by atoms with Crippen LogP contribution in [-0.2, 0) is 21.1 Å². The molecule has 0 fully saturated rings. The number of hydrogen-bond donors (Lipinski definition) is 4. The Morgan fingerprint density at radius 3 is 2.35 bits per heavy atom. The van der Waals surface area contributed by atoms with E-state index in [0.717, 1.165) is 11.4 Å². The number of hydrazone groups is 1. The van der Waals surface area contributed by atoms with Crippen molar-refractivity contribution in [1.29, 1.82) is 0 Å². The van der Waals surface area contributed by atoms with E-state index in [9.17, 15) is 4.79 Å². The average Bonchev–Trinajstić information content (AvgIpc) is 2.82. The molecule has 23 heavy (non-hydrogen) atoms. The Labute approximate surface area is 156 Å². The summed E-state index contributed by atoms with van der Waals surface area (Å²) in [6.45, 7) is 5.78. The Kier molecular flexibility index (Phi) is 13.1. The van der Waals surface area contributed by atoms with Crippen LogP contribution < -0.4 is 16.3 Å². The summed E-state index contributed by atoms with van der Waals surface area (Å²) in [5.74, 6) is 0. The van der Waals surface area contributed by atoms with Crippen molar-refractivity contribution in [3.05, 3.63) is 59.4 Å². The van der Waals surface area contributed by atoms with Crippen LogP contribution >= 0.6 is 12.2 Å². The molecular weight excluding hydrogens is 482 g/mol. The first-order chi connectivity index (χ1) is 10.2. The molecule has 2 aromatic rings. The van der Waals surface area contributed by atoms with Gasteiger partial charge in [0.1, 0.15) is 0 Å². The number of thiocarbonyl (C=S) groups is 1. The van der Waals surface area contributed by atoms with Crippen molar-refractivity contribution < 1.29 is 21.1 Å². The number of hydrogen-bond acceptors (Lipinski definition) is 3. The van der Waals surface area contributed by atoms with Crippen LogP contribution in [0.15, 0.2) is 40.2 Å². The smallest absolute Gasteiger partial charge is 0.273 e. The second kappa shape index (κ2) is 12.8. The fourth-order valence-corrected chi connectivity index (χ4v) is 1.62. The second-order valence-corrected chi connectivity index (χ2v) is 4.22. The van der Waals surface area contributed by atoms with Crippen LogP contribution in [0.4, 0.5) is 5.69 Å². The van der Waals surface area contributed by atoms with Gasteiger partial charge in [-0.05, 0) is 31.3 Å². The molecule has 126 valence electrons. The van der Waals surface area contributed by atoms with Crippen molar-refractivity contribution in [2.75, 3.05) is 5.32 Å². The zero-order valence-corrected chi connectivity index (χ0v) is 17.4. The van der Waals surface area contributed by atoms with Gasteiger partial charge >= 0.3 is 0 Å². The Hall–Kier alpha value is -1.72. The second-order valence-electron chi connectivity index (χ2n) is 3.81. The minimum absolute atomic E-state index is 0. The summed E-state index contributed by atoms with van der Waals surface area (Å²) in [7, 11) is 0. The van der Waals surface area contributed by atoms with E-state index < -0.39 is 0 Å². The fourth-order valence-electron chi connectivity index (χ4n) is 1.45. The van der Waals surface area contributed by atoms with Crippen LogP contribution in [0.1, 0.15) is 25.1 Å². The van der Waals surface area contributed by atoms with Gasteiger partial charge in [-0.25, -0.2) is 0 Å². The molecule has 1 heterocycles. The van der Waals surface area contributed by atoms with E-state index in [1.54, 1.807) is 6.92 Å². The van der Waals surface area contributed by atoms with Crippen molar-refractivity contribution >= 4 is 29.2 Å². The number of benzene rings is 1. The number of rotatable bonds is 3. The van der Waals surface area contributed by atoms with E-state index in [2.05, 4.69) is 26.0 Å². The molecule has 0 radical (unpaired) electrons. The van der Waals surface area contributed by atoms with Gasteiger partial charge in [0, 0.05) is 32.4 Å². The number of para-hydroxylation sites is 1. The molecule has 0 saturated carbocycles. The summed E-state index contributed by atoms with van der Waals surface area (Å²) in [5.41, 5.74) is 4.48. The summed E-state index contributed by atoms with van der Waals surface area (Å²) in [5, 5.41) is 12.4. The molecular formula is C15H22N5OSW-. The van der Waals surface area contributed by atoms with Crippen molar-refractivity contribution in [3.63, 3.8) is 0 Å². The van der Waals surface area contributed by atoms with Crippen LogP contribution in [0, 0.1) is 14.4 Å². The van der Waals surface area contributed by atoms with Gasteiger partial charge in [-0.3, -0.25) is 15.3 Å². The van der Waals surface area contributed by atoms with E-state index in [0.29, 0.717) is 10.7 Å². The van der Waals surface area contributed by atoms with E-state index in [1.165, 1.54) is 6.21 Å². The first-order valence-electron chi connectivity index (χ1n) is 6.59. The van der Waals surface area contributed by atoms with Crippen LogP contribution in [0.3, 0.4) is 0 Å². The average molecular weight is 504 g/mol. The quantitative estimate of drug-likeness (QED) is 0.224. The molecule has 0 aliphatic carbocycles. The summed E-state index contributed by atoms with van der Waals surface area (Å²) < 4.78 is 0. The molecule has 1 aromatic heterocycles. The molecule has 0 atom stereocenters. The van der Waals surface area contributed by atoms with Crippen molar-refractivity contribution in [1.82, 2.24) is 15.6 Å². The SMILES string of the molecule is CC.Cc1[nH][nH]c(=O)c1/C=N/NC(=S)Nc1ccccc1.[CH3-].[W]. The maximum absolute atomic E-state index is 11.4. The third kappa shape index (κ3) is 7.90. The Morgan fingerprint density at radius 1 is 1.22 bits per heavy atom. The number of nitrogens with zero attached hydrogens (tertiary/aromatic N) is 1. The molecule has 8 heteroatoms. The van der Waals surface area contributed by atoms with E-state index in [-0.39, 0.29) is 34.1 Å². The Balaban J connectivity index is 0. The van der Waals surface area contributed by atoms with Crippen LogP contribution in [0.2, 0.25) is 0 Å². The minimum atomic E-state index is -0.218. The van der Waals surface area contributed by atoms with Gasteiger partial charge in [0.25, 0.3) is 5.56 Å². The first-order valence-corrected chi connectivity index (χ1v) is 7.00.